The summed E-state index contributed by atoms with van der Waals surface area (Å²) in [6.45, 7) is 3.76. The maximum atomic E-state index is 14.4. The van der Waals surface area contributed by atoms with Crippen molar-refractivity contribution in [3.8, 4) is 0 Å². The van der Waals surface area contributed by atoms with Crippen molar-refractivity contribution in [1.29, 1.82) is 0 Å². The Kier molecular flexibility index (Phi) is 5.98. The molecular formula is C18H20F2N2O2. The van der Waals surface area contributed by atoms with Crippen LogP contribution < -0.4 is 0 Å². The second kappa shape index (κ2) is 7.97. The van der Waals surface area contributed by atoms with E-state index in [9.17, 15) is 13.6 Å². The van der Waals surface area contributed by atoms with E-state index in [1.165, 1.54) is 24.1 Å². The number of rotatable bonds is 6. The van der Waals surface area contributed by atoms with Crippen LogP contribution >= 0.6 is 0 Å². The molecule has 4 nitrogen and oxygen atoms in total. The van der Waals surface area contributed by atoms with Crippen LogP contribution in [0, 0.1) is 11.6 Å². The Balaban J connectivity index is 2.56. The molecule has 0 aliphatic heterocycles. The molecule has 0 spiro atoms. The lowest BCUT2D eigenvalue weighted by Gasteiger charge is -2.33. The van der Waals surface area contributed by atoms with Crippen LogP contribution in [0.2, 0.25) is 0 Å². The molecule has 24 heavy (non-hydrogen) atoms. The van der Waals surface area contributed by atoms with Gasteiger partial charge in [0.15, 0.2) is 0 Å². The van der Waals surface area contributed by atoms with Crippen molar-refractivity contribution < 1.29 is 18.3 Å². The quantitative estimate of drug-likeness (QED) is 0.814. The van der Waals surface area contributed by atoms with Crippen LogP contribution in [0.3, 0.4) is 0 Å². The lowest BCUT2D eigenvalue weighted by atomic mass is 9.97. The average Bonchev–Trinajstić information content (AvgIpc) is 2.60. The van der Waals surface area contributed by atoms with Crippen molar-refractivity contribution in [2.24, 2.45) is 0 Å². The number of amides is 1. The normalized spacial score (nSPS) is 13.4. The van der Waals surface area contributed by atoms with E-state index in [-0.39, 0.29) is 11.5 Å². The second-order valence-electron chi connectivity index (χ2n) is 5.36. The highest BCUT2D eigenvalue weighted by molar-refractivity contribution is 5.81. The minimum Gasteiger partial charge on any atom is -0.372 e. The minimum atomic E-state index is -0.714. The number of hydrogen-bond donors (Lipinski definition) is 0. The molecule has 1 amide bonds. The summed E-state index contributed by atoms with van der Waals surface area (Å²) in [5, 5.41) is 0. The maximum absolute atomic E-state index is 14.4. The first-order chi connectivity index (χ1) is 11.5. The zero-order valence-corrected chi connectivity index (χ0v) is 13.9. The first-order valence-electron chi connectivity index (χ1n) is 7.67. The van der Waals surface area contributed by atoms with Crippen LogP contribution in [0.25, 0.3) is 0 Å². The summed E-state index contributed by atoms with van der Waals surface area (Å²) < 4.78 is 32.8. The summed E-state index contributed by atoms with van der Waals surface area (Å²) >= 11 is 0. The van der Waals surface area contributed by atoms with E-state index >= 15 is 0 Å². The zero-order valence-electron chi connectivity index (χ0n) is 13.9. The van der Waals surface area contributed by atoms with Crippen molar-refractivity contribution >= 4 is 5.91 Å². The molecule has 0 aliphatic carbocycles. The van der Waals surface area contributed by atoms with E-state index in [4.69, 9.17) is 4.74 Å². The standard InChI is InChI=1S/C18H20F2N2O2/c1-4-22(18(23)12(2)24-3)17(13-6-5-9-21-11-13)15-8-7-14(19)10-16(15)20/h5-12,17H,4H2,1-3H3. The second-order valence-corrected chi connectivity index (χ2v) is 5.36. The van der Waals surface area contributed by atoms with Gasteiger partial charge in [-0.3, -0.25) is 9.78 Å². The van der Waals surface area contributed by atoms with Crippen LogP contribution in [0.4, 0.5) is 8.78 Å². The smallest absolute Gasteiger partial charge is 0.252 e. The van der Waals surface area contributed by atoms with Crippen molar-refractivity contribution in [3.05, 3.63) is 65.5 Å². The Morgan fingerprint density at radius 2 is 2.08 bits per heavy atom. The van der Waals surface area contributed by atoms with Crippen molar-refractivity contribution in [1.82, 2.24) is 9.88 Å². The largest absolute Gasteiger partial charge is 0.372 e. The SMILES string of the molecule is CCN(C(=O)C(C)OC)C(c1cccnc1)c1ccc(F)cc1F. The highest BCUT2D eigenvalue weighted by atomic mass is 19.1. The molecule has 2 atom stereocenters. The van der Waals surface area contributed by atoms with Crippen LogP contribution in [-0.4, -0.2) is 35.5 Å². The molecule has 0 saturated carbocycles. The molecule has 0 aliphatic rings. The molecule has 0 N–H and O–H groups in total. The van der Waals surface area contributed by atoms with Crippen LogP contribution in [0.5, 0.6) is 0 Å². The summed E-state index contributed by atoms with van der Waals surface area (Å²) in [7, 11) is 1.44. The Morgan fingerprint density at radius 3 is 2.62 bits per heavy atom. The van der Waals surface area contributed by atoms with Crippen molar-refractivity contribution in [3.63, 3.8) is 0 Å². The zero-order chi connectivity index (χ0) is 17.7. The highest BCUT2D eigenvalue weighted by Gasteiger charge is 2.30. The molecule has 6 heteroatoms. The van der Waals surface area contributed by atoms with E-state index in [0.29, 0.717) is 12.1 Å². The number of likely N-dealkylation sites (N-methyl/N-ethyl adjacent to an activating group) is 1. The fourth-order valence-corrected chi connectivity index (χ4v) is 2.59. The number of halogens is 2. The molecule has 1 aromatic heterocycles. The minimum absolute atomic E-state index is 0.211. The first kappa shape index (κ1) is 18.0. The molecule has 0 bridgehead atoms. The Bertz CT molecular complexity index is 695. The molecule has 2 aromatic rings. The van der Waals surface area contributed by atoms with E-state index in [1.807, 2.05) is 0 Å². The van der Waals surface area contributed by atoms with Crippen LogP contribution in [0.15, 0.2) is 42.7 Å². The van der Waals surface area contributed by atoms with Crippen LogP contribution in [0.1, 0.15) is 31.0 Å². The van der Waals surface area contributed by atoms with Gasteiger partial charge in [0.1, 0.15) is 17.7 Å². The van der Waals surface area contributed by atoms with E-state index < -0.39 is 23.8 Å². The number of benzene rings is 1. The molecule has 128 valence electrons. The predicted octanol–water partition coefficient (Wildman–Crippen LogP) is 3.33. The van der Waals surface area contributed by atoms with Gasteiger partial charge in [0, 0.05) is 37.7 Å². The Morgan fingerprint density at radius 1 is 1.33 bits per heavy atom. The van der Waals surface area contributed by atoms with Gasteiger partial charge in [-0.25, -0.2) is 8.78 Å². The number of hydrogen-bond acceptors (Lipinski definition) is 3. The maximum Gasteiger partial charge on any atom is 0.252 e. The third-order valence-electron chi connectivity index (χ3n) is 3.89. The third kappa shape index (κ3) is 3.76. The van der Waals surface area contributed by atoms with E-state index in [0.717, 1.165) is 6.07 Å². The molecule has 1 aromatic carbocycles. The topological polar surface area (TPSA) is 42.4 Å². The average molecular weight is 334 g/mol. The van der Waals surface area contributed by atoms with Gasteiger partial charge in [-0.2, -0.15) is 0 Å². The van der Waals surface area contributed by atoms with Gasteiger partial charge in [-0.05, 0) is 31.5 Å². The van der Waals surface area contributed by atoms with Gasteiger partial charge in [-0.15, -0.1) is 0 Å². The Labute approximate surface area is 140 Å². The summed E-state index contributed by atoms with van der Waals surface area (Å²) in [6.07, 6.45) is 2.49. The van der Waals surface area contributed by atoms with Gasteiger partial charge in [0.2, 0.25) is 0 Å². The van der Waals surface area contributed by atoms with Gasteiger partial charge >= 0.3 is 0 Å². The fraction of sp³-hybridized carbons (Fsp3) is 0.333. The van der Waals surface area contributed by atoms with E-state index in [1.54, 1.807) is 38.4 Å². The molecule has 0 saturated heterocycles. The van der Waals surface area contributed by atoms with Gasteiger partial charge < -0.3 is 9.64 Å². The number of nitrogens with zero attached hydrogens (tertiary/aromatic N) is 2. The number of carbonyl (C=O) groups is 1. The summed E-state index contributed by atoms with van der Waals surface area (Å²) in [5.41, 5.74) is 0.851. The molecular weight excluding hydrogens is 314 g/mol. The molecule has 0 radical (unpaired) electrons. The molecule has 1 heterocycles. The third-order valence-corrected chi connectivity index (χ3v) is 3.89. The first-order valence-corrected chi connectivity index (χ1v) is 7.67. The lowest BCUT2D eigenvalue weighted by Crippen LogP contribution is -2.41. The Hall–Kier alpha value is -2.34. The number of pyridine rings is 1. The fourth-order valence-electron chi connectivity index (χ4n) is 2.59. The van der Waals surface area contributed by atoms with Crippen molar-refractivity contribution in [2.45, 2.75) is 26.0 Å². The van der Waals surface area contributed by atoms with Gasteiger partial charge in [-0.1, -0.05) is 12.1 Å². The van der Waals surface area contributed by atoms with E-state index in [2.05, 4.69) is 4.98 Å². The summed E-state index contributed by atoms with van der Waals surface area (Å²) in [6, 6.07) is 6.11. The summed E-state index contributed by atoms with van der Waals surface area (Å²) in [5.74, 6) is -1.65. The highest BCUT2D eigenvalue weighted by Crippen LogP contribution is 2.31. The van der Waals surface area contributed by atoms with Gasteiger partial charge in [0.25, 0.3) is 5.91 Å². The van der Waals surface area contributed by atoms with Gasteiger partial charge in [0.05, 0.1) is 6.04 Å². The molecule has 2 rings (SSSR count). The number of ether oxygens (including phenoxy) is 1. The number of carbonyl (C=O) groups excluding carboxylic acids is 1. The monoisotopic (exact) mass is 334 g/mol. The number of methoxy groups -OCH3 is 1. The molecule has 2 unspecified atom stereocenters. The van der Waals surface area contributed by atoms with Crippen molar-refractivity contribution in [2.75, 3.05) is 13.7 Å². The predicted molar refractivity (Wildman–Crippen MR) is 86.3 cm³/mol. The van der Waals surface area contributed by atoms with Crippen LogP contribution in [-0.2, 0) is 9.53 Å². The summed E-state index contributed by atoms with van der Waals surface area (Å²) in [4.78, 5) is 18.2. The lowest BCUT2D eigenvalue weighted by molar-refractivity contribution is -0.142. The molecule has 0 fully saturated rings. The number of aromatic nitrogens is 1.